The van der Waals surface area contributed by atoms with Gasteiger partial charge in [0.2, 0.25) is 5.91 Å². The van der Waals surface area contributed by atoms with Gasteiger partial charge in [0.15, 0.2) is 5.13 Å². The van der Waals surface area contributed by atoms with E-state index in [2.05, 4.69) is 20.5 Å². The van der Waals surface area contributed by atoms with Crippen LogP contribution in [0.25, 0.3) is 11.3 Å². The van der Waals surface area contributed by atoms with Crippen molar-refractivity contribution in [1.29, 1.82) is 0 Å². The molecule has 0 radical (unpaired) electrons. The number of hydrogen-bond acceptors (Lipinski definition) is 7. The van der Waals surface area contributed by atoms with E-state index in [-0.39, 0.29) is 55.2 Å². The SMILES string of the molecule is Cl.Cl.Cl.Nc1nc(-c2ccc(NC(=O)CN(C(=O)c3ccc(F)cc3)c3ccc(N4CCNCC4)cc3)cc2)cs1. The quantitative estimate of drug-likeness (QED) is 0.247. The molecule has 13 heteroatoms. The highest BCUT2D eigenvalue weighted by atomic mass is 35.5. The molecule has 0 spiro atoms. The Kier molecular flexibility index (Phi) is 12.8. The molecule has 5 rings (SSSR count). The topological polar surface area (TPSA) is 104 Å². The molecule has 1 aliphatic rings. The number of benzene rings is 3. The van der Waals surface area contributed by atoms with Gasteiger partial charge < -0.3 is 21.3 Å². The number of nitrogens with two attached hydrogens (primary N) is 1. The van der Waals surface area contributed by atoms with Crippen LogP contribution in [-0.4, -0.2) is 49.5 Å². The van der Waals surface area contributed by atoms with Crippen molar-refractivity contribution in [3.8, 4) is 11.3 Å². The van der Waals surface area contributed by atoms with E-state index in [1.54, 1.807) is 12.1 Å². The van der Waals surface area contributed by atoms with Gasteiger partial charge in [-0.2, -0.15) is 0 Å². The van der Waals surface area contributed by atoms with Gasteiger partial charge in [-0.15, -0.1) is 48.6 Å². The lowest BCUT2D eigenvalue weighted by atomic mass is 10.1. The first-order chi connectivity index (χ1) is 18.5. The fourth-order valence-corrected chi connectivity index (χ4v) is 4.86. The molecule has 2 amide bonds. The Bertz CT molecular complexity index is 1420. The van der Waals surface area contributed by atoms with Gasteiger partial charge in [-0.3, -0.25) is 14.5 Å². The second-order valence-electron chi connectivity index (χ2n) is 8.85. The number of thiazole rings is 1. The number of carbonyl (C=O) groups excluding carboxylic acids is 2. The van der Waals surface area contributed by atoms with Crippen LogP contribution in [0.1, 0.15) is 10.4 Å². The Balaban J connectivity index is 0.00000196. The second kappa shape index (κ2) is 15.6. The van der Waals surface area contributed by atoms with Crippen LogP contribution in [0.2, 0.25) is 0 Å². The first kappa shape index (κ1) is 33.8. The van der Waals surface area contributed by atoms with Crippen molar-refractivity contribution in [2.45, 2.75) is 0 Å². The van der Waals surface area contributed by atoms with Crippen LogP contribution in [0.15, 0.2) is 78.2 Å². The fraction of sp³-hybridized carbons (Fsp3) is 0.179. The number of rotatable bonds is 7. The molecule has 1 aromatic heterocycles. The number of carbonyl (C=O) groups is 2. The first-order valence-corrected chi connectivity index (χ1v) is 13.1. The maximum Gasteiger partial charge on any atom is 0.258 e. The summed E-state index contributed by atoms with van der Waals surface area (Å²) in [6, 6.07) is 20.1. The van der Waals surface area contributed by atoms with E-state index in [0.717, 1.165) is 43.1 Å². The third-order valence-corrected chi connectivity index (χ3v) is 6.94. The van der Waals surface area contributed by atoms with Crippen molar-refractivity contribution in [1.82, 2.24) is 10.3 Å². The molecule has 0 bridgehead atoms. The summed E-state index contributed by atoms with van der Waals surface area (Å²) in [6.07, 6.45) is 0. The van der Waals surface area contributed by atoms with Crippen LogP contribution in [0, 0.1) is 5.82 Å². The Hall–Kier alpha value is -3.41. The third kappa shape index (κ3) is 8.54. The zero-order chi connectivity index (χ0) is 26.5. The summed E-state index contributed by atoms with van der Waals surface area (Å²) in [5.41, 5.74) is 9.88. The molecule has 0 saturated carbocycles. The van der Waals surface area contributed by atoms with E-state index in [1.807, 2.05) is 41.8 Å². The molecular weight excluding hydrogens is 610 g/mol. The van der Waals surface area contributed by atoms with Gasteiger partial charge in [-0.1, -0.05) is 12.1 Å². The zero-order valence-corrected chi connectivity index (χ0v) is 25.1. The molecule has 0 atom stereocenters. The van der Waals surface area contributed by atoms with Crippen molar-refractivity contribution in [2.75, 3.05) is 53.6 Å². The normalized spacial score (nSPS) is 12.3. The monoisotopic (exact) mass is 638 g/mol. The number of halogens is 4. The molecule has 41 heavy (non-hydrogen) atoms. The lowest BCUT2D eigenvalue weighted by Crippen LogP contribution is -2.43. The second-order valence-corrected chi connectivity index (χ2v) is 9.74. The minimum absolute atomic E-state index is 0. The minimum Gasteiger partial charge on any atom is -0.375 e. The lowest BCUT2D eigenvalue weighted by molar-refractivity contribution is -0.114. The minimum atomic E-state index is -0.435. The van der Waals surface area contributed by atoms with Gasteiger partial charge in [0.25, 0.3) is 5.91 Å². The first-order valence-electron chi connectivity index (χ1n) is 12.2. The third-order valence-electron chi connectivity index (χ3n) is 6.27. The van der Waals surface area contributed by atoms with E-state index >= 15 is 0 Å². The summed E-state index contributed by atoms with van der Waals surface area (Å²) in [4.78, 5) is 34.4. The van der Waals surface area contributed by atoms with Gasteiger partial charge in [0.05, 0.1) is 5.69 Å². The molecule has 1 fully saturated rings. The van der Waals surface area contributed by atoms with E-state index in [4.69, 9.17) is 5.73 Å². The molecule has 4 N–H and O–H groups in total. The Labute approximate surface area is 260 Å². The van der Waals surface area contributed by atoms with Crippen molar-refractivity contribution in [3.63, 3.8) is 0 Å². The van der Waals surface area contributed by atoms with Gasteiger partial charge in [0, 0.05) is 59.7 Å². The molecule has 3 aromatic carbocycles. The number of hydrogen-bond donors (Lipinski definition) is 3. The Morgan fingerprint density at radius 1 is 0.951 bits per heavy atom. The lowest BCUT2D eigenvalue weighted by Gasteiger charge is -2.30. The molecule has 1 saturated heterocycles. The highest BCUT2D eigenvalue weighted by Crippen LogP contribution is 2.25. The van der Waals surface area contributed by atoms with E-state index in [9.17, 15) is 14.0 Å². The number of nitrogens with one attached hydrogen (secondary N) is 2. The Morgan fingerprint density at radius 3 is 2.17 bits per heavy atom. The van der Waals surface area contributed by atoms with Crippen LogP contribution in [-0.2, 0) is 4.79 Å². The summed E-state index contributed by atoms with van der Waals surface area (Å²) in [7, 11) is 0. The van der Waals surface area contributed by atoms with Gasteiger partial charge >= 0.3 is 0 Å². The molecule has 4 aromatic rings. The van der Waals surface area contributed by atoms with Gasteiger partial charge in [-0.05, 0) is 60.7 Å². The van der Waals surface area contributed by atoms with E-state index < -0.39 is 11.7 Å². The van der Waals surface area contributed by atoms with Gasteiger partial charge in [0.1, 0.15) is 12.4 Å². The van der Waals surface area contributed by atoms with E-state index in [0.29, 0.717) is 16.5 Å². The number of nitrogens with zero attached hydrogens (tertiary/aromatic N) is 3. The van der Waals surface area contributed by atoms with Gasteiger partial charge in [-0.25, -0.2) is 9.37 Å². The summed E-state index contributed by atoms with van der Waals surface area (Å²) < 4.78 is 13.5. The molecule has 8 nitrogen and oxygen atoms in total. The van der Waals surface area contributed by atoms with Crippen LogP contribution >= 0.6 is 48.6 Å². The number of amides is 2. The van der Waals surface area contributed by atoms with Crippen molar-refractivity contribution >= 4 is 82.6 Å². The predicted molar refractivity (Wildman–Crippen MR) is 172 cm³/mol. The Morgan fingerprint density at radius 2 is 1.59 bits per heavy atom. The number of anilines is 4. The molecular formula is C28H30Cl3FN6O2S. The van der Waals surface area contributed by atoms with Crippen LogP contribution < -0.4 is 26.2 Å². The zero-order valence-electron chi connectivity index (χ0n) is 21.8. The average Bonchev–Trinajstić information content (AvgIpc) is 3.39. The van der Waals surface area contributed by atoms with Crippen LogP contribution in [0.4, 0.5) is 26.6 Å². The van der Waals surface area contributed by atoms with Crippen molar-refractivity contribution in [3.05, 3.63) is 89.6 Å². The highest BCUT2D eigenvalue weighted by molar-refractivity contribution is 7.13. The van der Waals surface area contributed by atoms with Crippen LogP contribution in [0.5, 0.6) is 0 Å². The average molecular weight is 640 g/mol. The smallest absolute Gasteiger partial charge is 0.258 e. The summed E-state index contributed by atoms with van der Waals surface area (Å²) in [5.74, 6) is -1.20. The van der Waals surface area contributed by atoms with Crippen molar-refractivity contribution < 1.29 is 14.0 Å². The number of nitrogen functional groups attached to an aromatic ring is 1. The summed E-state index contributed by atoms with van der Waals surface area (Å²) in [5, 5.41) is 8.55. The van der Waals surface area contributed by atoms with E-state index in [1.165, 1.54) is 40.5 Å². The molecule has 2 heterocycles. The summed E-state index contributed by atoms with van der Waals surface area (Å²) >= 11 is 1.36. The molecule has 0 unspecified atom stereocenters. The maximum absolute atomic E-state index is 13.5. The number of piperazine rings is 1. The van der Waals surface area contributed by atoms with Crippen molar-refractivity contribution in [2.24, 2.45) is 0 Å². The molecule has 0 aliphatic carbocycles. The van der Waals surface area contributed by atoms with Crippen LogP contribution in [0.3, 0.4) is 0 Å². The largest absolute Gasteiger partial charge is 0.375 e. The fourth-order valence-electron chi connectivity index (χ4n) is 4.28. The predicted octanol–water partition coefficient (Wildman–Crippen LogP) is 5.49. The summed E-state index contributed by atoms with van der Waals surface area (Å²) in [6.45, 7) is 3.41. The molecule has 218 valence electrons. The maximum atomic E-state index is 13.5. The number of aromatic nitrogens is 1. The highest BCUT2D eigenvalue weighted by Gasteiger charge is 2.22. The molecule has 1 aliphatic heterocycles. The standard InChI is InChI=1S/C28H27FN6O2S.3ClH/c29-21-5-1-20(2-6-21)27(37)35(24-11-9-23(10-12-24)34-15-13-31-14-16-34)17-26(36)32-22-7-3-19(4-8-22)25-18-38-28(30)33-25;;;/h1-12,18,31H,13-17H2,(H2,30,33)(H,32,36);3*1H.